The SMILES string of the molecule is Cc1c(C(=O)O)cnn1-c1cccc(NC(=O)C2CC23CCCC3)c1. The monoisotopic (exact) mass is 339 g/mol. The molecule has 1 aromatic carbocycles. The molecule has 25 heavy (non-hydrogen) atoms. The number of carbonyl (C=O) groups is 2. The fourth-order valence-corrected chi connectivity index (χ4v) is 4.17. The van der Waals surface area contributed by atoms with E-state index in [2.05, 4.69) is 10.4 Å². The zero-order valence-corrected chi connectivity index (χ0v) is 14.2. The molecular weight excluding hydrogens is 318 g/mol. The Bertz CT molecular complexity index is 849. The van der Waals surface area contributed by atoms with Gasteiger partial charge in [-0.1, -0.05) is 18.9 Å². The van der Waals surface area contributed by atoms with Crippen LogP contribution in [0.4, 0.5) is 5.69 Å². The molecule has 6 heteroatoms. The minimum Gasteiger partial charge on any atom is -0.478 e. The summed E-state index contributed by atoms with van der Waals surface area (Å²) in [5.41, 5.74) is 2.46. The summed E-state index contributed by atoms with van der Waals surface area (Å²) in [7, 11) is 0. The number of aromatic nitrogens is 2. The van der Waals surface area contributed by atoms with Crippen molar-refractivity contribution in [1.82, 2.24) is 9.78 Å². The van der Waals surface area contributed by atoms with E-state index in [-0.39, 0.29) is 22.8 Å². The largest absolute Gasteiger partial charge is 0.478 e. The second-order valence-electron chi connectivity index (χ2n) is 7.23. The van der Waals surface area contributed by atoms with Crippen LogP contribution in [0.2, 0.25) is 0 Å². The third kappa shape index (κ3) is 2.71. The van der Waals surface area contributed by atoms with E-state index in [1.165, 1.54) is 31.9 Å². The Hall–Kier alpha value is -2.63. The first kappa shape index (κ1) is 15.9. The Morgan fingerprint density at radius 3 is 2.76 bits per heavy atom. The van der Waals surface area contributed by atoms with Crippen molar-refractivity contribution in [3.63, 3.8) is 0 Å². The van der Waals surface area contributed by atoms with Crippen molar-refractivity contribution < 1.29 is 14.7 Å². The molecule has 1 spiro atoms. The van der Waals surface area contributed by atoms with E-state index in [1.54, 1.807) is 11.6 Å². The van der Waals surface area contributed by atoms with E-state index in [0.29, 0.717) is 11.4 Å². The normalized spacial score (nSPS) is 20.6. The van der Waals surface area contributed by atoms with E-state index in [4.69, 9.17) is 5.11 Å². The van der Waals surface area contributed by atoms with Gasteiger partial charge in [0.25, 0.3) is 0 Å². The fourth-order valence-electron chi connectivity index (χ4n) is 4.17. The van der Waals surface area contributed by atoms with Gasteiger partial charge in [-0.3, -0.25) is 4.79 Å². The van der Waals surface area contributed by atoms with Crippen LogP contribution in [0, 0.1) is 18.3 Å². The first-order chi connectivity index (χ1) is 12.0. The topological polar surface area (TPSA) is 84.2 Å². The highest BCUT2D eigenvalue weighted by Gasteiger charge is 2.58. The molecule has 0 bridgehead atoms. The van der Waals surface area contributed by atoms with Crippen molar-refractivity contribution in [2.24, 2.45) is 11.3 Å². The Morgan fingerprint density at radius 1 is 1.32 bits per heavy atom. The smallest absolute Gasteiger partial charge is 0.339 e. The third-order valence-electron chi connectivity index (χ3n) is 5.70. The molecular formula is C19H21N3O3. The van der Waals surface area contributed by atoms with E-state index in [1.807, 2.05) is 24.3 Å². The maximum atomic E-state index is 12.5. The van der Waals surface area contributed by atoms with Crippen LogP contribution in [0.3, 0.4) is 0 Å². The van der Waals surface area contributed by atoms with Crippen molar-refractivity contribution >= 4 is 17.6 Å². The van der Waals surface area contributed by atoms with Crippen LogP contribution in [-0.4, -0.2) is 26.8 Å². The molecule has 2 N–H and O–H groups in total. The predicted molar refractivity (Wildman–Crippen MR) is 92.9 cm³/mol. The van der Waals surface area contributed by atoms with E-state index >= 15 is 0 Å². The number of anilines is 1. The van der Waals surface area contributed by atoms with E-state index in [9.17, 15) is 9.59 Å². The van der Waals surface area contributed by atoms with Crippen molar-refractivity contribution in [3.05, 3.63) is 41.7 Å². The molecule has 2 aliphatic carbocycles. The highest BCUT2D eigenvalue weighted by atomic mass is 16.4. The van der Waals surface area contributed by atoms with Crippen molar-refractivity contribution in [2.45, 2.75) is 39.0 Å². The average Bonchev–Trinajstić information content (AvgIpc) is 2.89. The molecule has 1 unspecified atom stereocenters. The first-order valence-electron chi connectivity index (χ1n) is 8.69. The van der Waals surface area contributed by atoms with Crippen molar-refractivity contribution in [2.75, 3.05) is 5.32 Å². The second kappa shape index (κ2) is 5.72. The summed E-state index contributed by atoms with van der Waals surface area (Å²) in [4.78, 5) is 23.7. The van der Waals surface area contributed by atoms with Gasteiger partial charge in [-0.25, -0.2) is 9.48 Å². The number of nitrogens with one attached hydrogen (secondary N) is 1. The summed E-state index contributed by atoms with van der Waals surface area (Å²) in [6, 6.07) is 7.36. The number of aromatic carboxylic acids is 1. The molecule has 2 saturated carbocycles. The molecule has 1 amide bonds. The highest BCUT2D eigenvalue weighted by molar-refractivity contribution is 5.95. The molecule has 2 fully saturated rings. The van der Waals surface area contributed by atoms with Crippen LogP contribution < -0.4 is 5.32 Å². The first-order valence-corrected chi connectivity index (χ1v) is 8.69. The minimum atomic E-state index is -0.996. The lowest BCUT2D eigenvalue weighted by atomic mass is 10.0. The lowest BCUT2D eigenvalue weighted by Gasteiger charge is -2.11. The van der Waals surface area contributed by atoms with Gasteiger partial charge in [-0.2, -0.15) is 5.10 Å². The third-order valence-corrected chi connectivity index (χ3v) is 5.70. The van der Waals surface area contributed by atoms with Crippen LogP contribution in [0.25, 0.3) is 5.69 Å². The molecule has 1 aromatic heterocycles. The van der Waals surface area contributed by atoms with Gasteiger partial charge in [-0.05, 0) is 49.8 Å². The number of nitrogens with zero attached hydrogens (tertiary/aromatic N) is 2. The summed E-state index contributed by atoms with van der Waals surface area (Å²) in [6.45, 7) is 1.72. The molecule has 1 heterocycles. The maximum absolute atomic E-state index is 12.5. The van der Waals surface area contributed by atoms with Crippen molar-refractivity contribution in [3.8, 4) is 5.69 Å². The Labute approximate surface area is 145 Å². The average molecular weight is 339 g/mol. The number of benzene rings is 1. The maximum Gasteiger partial charge on any atom is 0.339 e. The van der Waals surface area contributed by atoms with Crippen LogP contribution in [-0.2, 0) is 4.79 Å². The number of carbonyl (C=O) groups excluding carboxylic acids is 1. The standard InChI is InChI=1S/C19H21N3O3/c1-12-15(18(24)25)11-20-22(12)14-6-4-5-13(9-14)21-17(23)16-10-19(16)7-2-3-8-19/h4-6,9,11,16H,2-3,7-8,10H2,1H3,(H,21,23)(H,24,25). The molecule has 130 valence electrons. The van der Waals surface area contributed by atoms with Gasteiger partial charge >= 0.3 is 5.97 Å². The number of carboxylic acid groups (broad SMARTS) is 1. The Morgan fingerprint density at radius 2 is 2.08 bits per heavy atom. The van der Waals surface area contributed by atoms with Gasteiger partial charge in [0.2, 0.25) is 5.91 Å². The minimum absolute atomic E-state index is 0.0995. The second-order valence-corrected chi connectivity index (χ2v) is 7.23. The molecule has 4 rings (SSSR count). The fraction of sp³-hybridized carbons (Fsp3) is 0.421. The van der Waals surface area contributed by atoms with Gasteiger partial charge in [-0.15, -0.1) is 0 Å². The van der Waals surface area contributed by atoms with Gasteiger partial charge in [0.05, 0.1) is 17.6 Å². The molecule has 1 atom stereocenters. The van der Waals surface area contributed by atoms with Crippen LogP contribution in [0.15, 0.2) is 30.5 Å². The number of hydrogen-bond acceptors (Lipinski definition) is 3. The van der Waals surface area contributed by atoms with Crippen LogP contribution >= 0.6 is 0 Å². The van der Waals surface area contributed by atoms with Crippen LogP contribution in [0.1, 0.15) is 48.2 Å². The number of rotatable bonds is 4. The molecule has 0 saturated heterocycles. The Balaban J connectivity index is 1.52. The zero-order valence-electron chi connectivity index (χ0n) is 14.2. The zero-order chi connectivity index (χ0) is 17.6. The van der Waals surface area contributed by atoms with Gasteiger partial charge < -0.3 is 10.4 Å². The summed E-state index contributed by atoms with van der Waals surface area (Å²) in [5.74, 6) is -0.755. The number of hydrogen-bond donors (Lipinski definition) is 2. The number of carboxylic acids is 1. The predicted octanol–water partition coefficient (Wildman–Crippen LogP) is 3.40. The van der Waals surface area contributed by atoms with Crippen molar-refractivity contribution in [1.29, 1.82) is 0 Å². The van der Waals surface area contributed by atoms with E-state index < -0.39 is 5.97 Å². The summed E-state index contributed by atoms with van der Waals surface area (Å²) < 4.78 is 1.58. The molecule has 0 aliphatic heterocycles. The molecule has 6 nitrogen and oxygen atoms in total. The molecule has 2 aliphatic rings. The summed E-state index contributed by atoms with van der Waals surface area (Å²) in [5, 5.41) is 16.3. The Kier molecular flexibility index (Phi) is 3.63. The summed E-state index contributed by atoms with van der Waals surface area (Å²) >= 11 is 0. The lowest BCUT2D eigenvalue weighted by Crippen LogP contribution is -2.17. The van der Waals surface area contributed by atoms with Crippen LogP contribution in [0.5, 0.6) is 0 Å². The molecule has 2 aromatic rings. The molecule has 0 radical (unpaired) electrons. The number of amides is 1. The van der Waals surface area contributed by atoms with Gasteiger partial charge in [0.1, 0.15) is 5.56 Å². The summed E-state index contributed by atoms with van der Waals surface area (Å²) in [6.07, 6.45) is 7.19. The van der Waals surface area contributed by atoms with Gasteiger partial charge in [0.15, 0.2) is 0 Å². The highest BCUT2D eigenvalue weighted by Crippen LogP contribution is 2.63. The lowest BCUT2D eigenvalue weighted by molar-refractivity contribution is -0.118. The van der Waals surface area contributed by atoms with E-state index in [0.717, 1.165) is 12.1 Å². The quantitative estimate of drug-likeness (QED) is 0.894. The van der Waals surface area contributed by atoms with Gasteiger partial charge in [0, 0.05) is 11.6 Å².